The molecule has 0 aliphatic carbocycles. The second-order valence-corrected chi connectivity index (χ2v) is 12.5. The van der Waals surface area contributed by atoms with Crippen molar-refractivity contribution in [2.45, 2.75) is 30.8 Å². The van der Waals surface area contributed by atoms with E-state index in [9.17, 15) is 18.0 Å². The third kappa shape index (κ3) is 7.50. The standard InChI is InChI=1S/C32H31Cl2N3O4S/c1-23-16-17-27(34)20-29(23)37(42(40,41)28-14-7-4-8-15-28)22-31(38)36(21-25-12-9-13-26(33)18-25)30(32(39)35-2)19-24-10-5-3-6-11-24/h3-18,20,30H,19,21-22H2,1-2H3,(H,35,39)/t30-/m0/s1. The van der Waals surface area contributed by atoms with E-state index in [2.05, 4.69) is 5.32 Å². The number of hydrogen-bond acceptors (Lipinski definition) is 4. The van der Waals surface area contributed by atoms with E-state index < -0.39 is 28.5 Å². The summed E-state index contributed by atoms with van der Waals surface area (Å²) in [5.74, 6) is -0.955. The number of carbonyl (C=O) groups is 2. The van der Waals surface area contributed by atoms with Crippen LogP contribution in [0.1, 0.15) is 16.7 Å². The maximum atomic E-state index is 14.3. The molecule has 0 bridgehead atoms. The molecular formula is C32H31Cl2N3O4S. The summed E-state index contributed by atoms with van der Waals surface area (Å²) < 4.78 is 29.1. The van der Waals surface area contributed by atoms with Crippen molar-refractivity contribution in [2.24, 2.45) is 0 Å². The molecule has 0 aromatic heterocycles. The molecule has 0 fully saturated rings. The number of aryl methyl sites for hydroxylation is 1. The van der Waals surface area contributed by atoms with Gasteiger partial charge >= 0.3 is 0 Å². The molecule has 218 valence electrons. The predicted octanol–water partition coefficient (Wildman–Crippen LogP) is 5.88. The molecule has 2 amide bonds. The number of nitrogens with zero attached hydrogens (tertiary/aromatic N) is 2. The summed E-state index contributed by atoms with van der Waals surface area (Å²) in [6.07, 6.45) is 0.217. The van der Waals surface area contributed by atoms with Gasteiger partial charge in [-0.1, -0.05) is 89.9 Å². The first-order chi connectivity index (χ1) is 20.1. The lowest BCUT2D eigenvalue weighted by atomic mass is 10.0. The van der Waals surface area contributed by atoms with Crippen molar-refractivity contribution in [2.75, 3.05) is 17.9 Å². The monoisotopic (exact) mass is 623 g/mol. The van der Waals surface area contributed by atoms with Crippen molar-refractivity contribution in [3.63, 3.8) is 0 Å². The number of halogens is 2. The first-order valence-corrected chi connectivity index (χ1v) is 15.4. The Morgan fingerprint density at radius 2 is 1.43 bits per heavy atom. The van der Waals surface area contributed by atoms with Crippen LogP contribution in [0.3, 0.4) is 0 Å². The van der Waals surface area contributed by atoms with Crippen LogP contribution in [-0.4, -0.2) is 44.8 Å². The molecule has 4 rings (SSSR count). The quantitative estimate of drug-likeness (QED) is 0.226. The Hall–Kier alpha value is -3.85. The number of benzene rings is 4. The first kappa shape index (κ1) is 31.1. The molecule has 0 spiro atoms. The summed E-state index contributed by atoms with van der Waals surface area (Å²) >= 11 is 12.5. The van der Waals surface area contributed by atoms with Gasteiger partial charge in [0.2, 0.25) is 11.8 Å². The Morgan fingerprint density at radius 1 is 0.810 bits per heavy atom. The van der Waals surface area contributed by atoms with Gasteiger partial charge in [0.15, 0.2) is 0 Å². The van der Waals surface area contributed by atoms with E-state index >= 15 is 0 Å². The van der Waals surface area contributed by atoms with Gasteiger partial charge in [-0.3, -0.25) is 13.9 Å². The van der Waals surface area contributed by atoms with E-state index in [1.54, 1.807) is 61.5 Å². The highest BCUT2D eigenvalue weighted by Crippen LogP contribution is 2.30. The molecule has 0 aliphatic heterocycles. The number of rotatable bonds is 11. The molecule has 0 saturated carbocycles. The number of sulfonamides is 1. The van der Waals surface area contributed by atoms with Crippen molar-refractivity contribution in [1.29, 1.82) is 0 Å². The van der Waals surface area contributed by atoms with Gasteiger partial charge in [0.25, 0.3) is 10.0 Å². The molecular weight excluding hydrogens is 593 g/mol. The van der Waals surface area contributed by atoms with Gasteiger partial charge in [-0.25, -0.2) is 8.42 Å². The highest BCUT2D eigenvalue weighted by Gasteiger charge is 2.34. The Kier molecular flexibility index (Phi) is 10.3. The zero-order valence-electron chi connectivity index (χ0n) is 23.2. The van der Waals surface area contributed by atoms with Gasteiger partial charge in [-0.05, 0) is 60.0 Å². The van der Waals surface area contributed by atoms with Crippen LogP contribution in [0.2, 0.25) is 10.0 Å². The highest BCUT2D eigenvalue weighted by molar-refractivity contribution is 7.92. The molecule has 0 aliphatic rings. The normalized spacial score (nSPS) is 11.9. The smallest absolute Gasteiger partial charge is 0.264 e. The summed E-state index contributed by atoms with van der Waals surface area (Å²) in [5, 5.41) is 3.46. The number of likely N-dealkylation sites (N-methyl/N-ethyl adjacent to an activating group) is 1. The molecule has 0 saturated heterocycles. The average molecular weight is 625 g/mol. The van der Waals surface area contributed by atoms with Crippen molar-refractivity contribution < 1.29 is 18.0 Å². The fourth-order valence-electron chi connectivity index (χ4n) is 4.64. The lowest BCUT2D eigenvalue weighted by molar-refractivity contribution is -0.139. The summed E-state index contributed by atoms with van der Waals surface area (Å²) in [6.45, 7) is 1.20. The minimum atomic E-state index is -4.21. The first-order valence-electron chi connectivity index (χ1n) is 13.2. The minimum absolute atomic E-state index is 0.0192. The molecule has 4 aromatic carbocycles. The van der Waals surface area contributed by atoms with Crippen LogP contribution in [0.25, 0.3) is 0 Å². The highest BCUT2D eigenvalue weighted by atomic mass is 35.5. The molecule has 4 aromatic rings. The molecule has 42 heavy (non-hydrogen) atoms. The van der Waals surface area contributed by atoms with Crippen LogP contribution in [0, 0.1) is 6.92 Å². The van der Waals surface area contributed by atoms with Gasteiger partial charge in [-0.2, -0.15) is 0 Å². The van der Waals surface area contributed by atoms with E-state index in [4.69, 9.17) is 23.2 Å². The van der Waals surface area contributed by atoms with Crippen LogP contribution in [0.5, 0.6) is 0 Å². The lowest BCUT2D eigenvalue weighted by Gasteiger charge is -2.34. The fraction of sp³-hybridized carbons (Fsp3) is 0.188. The van der Waals surface area contributed by atoms with E-state index in [1.165, 1.54) is 30.1 Å². The third-order valence-corrected chi connectivity index (χ3v) is 9.05. The van der Waals surface area contributed by atoms with E-state index in [-0.39, 0.29) is 29.5 Å². The lowest BCUT2D eigenvalue weighted by Crippen LogP contribution is -2.53. The molecule has 10 heteroatoms. The predicted molar refractivity (Wildman–Crippen MR) is 167 cm³/mol. The van der Waals surface area contributed by atoms with Gasteiger partial charge in [0, 0.05) is 30.1 Å². The summed E-state index contributed by atoms with van der Waals surface area (Å²) in [5.41, 5.74) is 2.41. The van der Waals surface area contributed by atoms with Crippen LogP contribution < -0.4 is 9.62 Å². The largest absolute Gasteiger partial charge is 0.357 e. The van der Waals surface area contributed by atoms with Gasteiger partial charge in [0.1, 0.15) is 12.6 Å². The van der Waals surface area contributed by atoms with Crippen molar-refractivity contribution in [3.05, 3.63) is 130 Å². The molecule has 7 nitrogen and oxygen atoms in total. The molecule has 0 radical (unpaired) electrons. The van der Waals surface area contributed by atoms with Gasteiger partial charge in [-0.15, -0.1) is 0 Å². The van der Waals surface area contributed by atoms with Crippen molar-refractivity contribution in [3.8, 4) is 0 Å². The fourth-order valence-corrected chi connectivity index (χ4v) is 6.51. The molecule has 0 heterocycles. The number of amides is 2. The third-order valence-electron chi connectivity index (χ3n) is 6.81. The Bertz CT molecular complexity index is 1650. The van der Waals surface area contributed by atoms with E-state index in [0.29, 0.717) is 21.2 Å². The molecule has 0 unspecified atom stereocenters. The van der Waals surface area contributed by atoms with E-state index in [0.717, 1.165) is 9.87 Å². The number of anilines is 1. The van der Waals surface area contributed by atoms with Gasteiger partial charge in [0.05, 0.1) is 10.6 Å². The SMILES string of the molecule is CNC(=O)[C@H](Cc1ccccc1)N(Cc1cccc(Cl)c1)C(=O)CN(c1cc(Cl)ccc1C)S(=O)(=O)c1ccccc1. The Balaban J connectivity index is 1.81. The maximum absolute atomic E-state index is 14.3. The van der Waals surface area contributed by atoms with E-state index in [1.807, 2.05) is 30.3 Å². The topological polar surface area (TPSA) is 86.8 Å². The number of carbonyl (C=O) groups excluding carboxylic acids is 2. The summed E-state index contributed by atoms with van der Waals surface area (Å²) in [7, 11) is -2.70. The number of nitrogens with one attached hydrogen (secondary N) is 1. The average Bonchev–Trinajstić information content (AvgIpc) is 2.99. The molecule has 1 N–H and O–H groups in total. The second-order valence-electron chi connectivity index (χ2n) is 9.73. The second kappa shape index (κ2) is 13.9. The number of hydrogen-bond donors (Lipinski definition) is 1. The minimum Gasteiger partial charge on any atom is -0.357 e. The maximum Gasteiger partial charge on any atom is 0.264 e. The van der Waals surface area contributed by atoms with Crippen LogP contribution in [-0.2, 0) is 32.6 Å². The Labute approximate surface area is 256 Å². The zero-order chi connectivity index (χ0) is 30.3. The van der Waals surface area contributed by atoms with Crippen molar-refractivity contribution >= 4 is 50.7 Å². The Morgan fingerprint density at radius 3 is 2.07 bits per heavy atom. The van der Waals surface area contributed by atoms with Crippen LogP contribution in [0.4, 0.5) is 5.69 Å². The van der Waals surface area contributed by atoms with Crippen LogP contribution in [0.15, 0.2) is 108 Å². The zero-order valence-corrected chi connectivity index (χ0v) is 25.5. The van der Waals surface area contributed by atoms with Crippen molar-refractivity contribution in [1.82, 2.24) is 10.2 Å². The summed E-state index contributed by atoms with van der Waals surface area (Å²) in [4.78, 5) is 29.1. The molecule has 1 atom stereocenters. The van der Waals surface area contributed by atoms with Gasteiger partial charge < -0.3 is 10.2 Å². The summed E-state index contributed by atoms with van der Waals surface area (Å²) in [6, 6.07) is 28.1. The van der Waals surface area contributed by atoms with Crippen LogP contribution >= 0.6 is 23.2 Å².